The van der Waals surface area contributed by atoms with Gasteiger partial charge in [0.1, 0.15) is 23.5 Å². The van der Waals surface area contributed by atoms with Crippen molar-refractivity contribution in [3.05, 3.63) is 35.4 Å². The molecule has 0 bridgehead atoms. The fourth-order valence-electron chi connectivity index (χ4n) is 2.17. The average molecular weight is 290 g/mol. The molecule has 1 aromatic rings. The van der Waals surface area contributed by atoms with Crippen molar-refractivity contribution in [3.8, 4) is 12.1 Å². The van der Waals surface area contributed by atoms with Crippen LogP contribution in [0.2, 0.25) is 0 Å². The van der Waals surface area contributed by atoms with Gasteiger partial charge < -0.3 is 0 Å². The molecule has 2 unspecified atom stereocenters. The first-order valence-corrected chi connectivity index (χ1v) is 6.40. The molecule has 1 aliphatic heterocycles. The molecule has 0 spiro atoms. The minimum absolute atomic E-state index is 0.0145. The molecule has 7 heteroatoms. The average Bonchev–Trinajstić information content (AvgIpc) is 2.38. The van der Waals surface area contributed by atoms with Crippen LogP contribution in [0.3, 0.4) is 0 Å². The largest absolute Gasteiger partial charge is 0.297 e. The number of thioether (sulfide) groups is 1. The highest BCUT2D eigenvalue weighted by Gasteiger charge is 2.43. The summed E-state index contributed by atoms with van der Waals surface area (Å²) < 4.78 is 26.9. The number of rotatable bonds is 1. The number of hydrogen-bond donors (Lipinski definition) is 2. The maximum Gasteiger partial charge on any atom is 0.129 e. The van der Waals surface area contributed by atoms with Crippen molar-refractivity contribution in [1.82, 2.24) is 0 Å². The summed E-state index contributed by atoms with van der Waals surface area (Å²) in [7, 11) is 0. The fraction of sp³-hybridized carbons (Fsp3) is 0.231. The van der Waals surface area contributed by atoms with E-state index in [1.54, 1.807) is 0 Å². The topological polar surface area (TPSA) is 95.3 Å². The van der Waals surface area contributed by atoms with Crippen LogP contribution in [0.25, 0.3) is 0 Å². The van der Waals surface area contributed by atoms with Gasteiger partial charge >= 0.3 is 0 Å². The zero-order chi connectivity index (χ0) is 14.9. The highest BCUT2D eigenvalue weighted by Crippen LogP contribution is 2.43. The third kappa shape index (κ3) is 2.28. The monoisotopic (exact) mass is 290 g/mol. The van der Waals surface area contributed by atoms with Gasteiger partial charge in [0.05, 0.1) is 22.2 Å². The summed E-state index contributed by atoms with van der Waals surface area (Å²) in [4.78, 5) is 0. The Bertz CT molecular complexity index is 642. The van der Waals surface area contributed by atoms with Gasteiger partial charge in [-0.2, -0.15) is 10.5 Å². The lowest BCUT2D eigenvalue weighted by Gasteiger charge is -2.31. The van der Waals surface area contributed by atoms with Gasteiger partial charge in [0.25, 0.3) is 0 Å². The smallest absolute Gasteiger partial charge is 0.129 e. The Hall–Kier alpha value is -2.25. The van der Waals surface area contributed by atoms with Crippen molar-refractivity contribution < 1.29 is 8.78 Å². The lowest BCUT2D eigenvalue weighted by molar-refractivity contribution is 0.514. The summed E-state index contributed by atoms with van der Waals surface area (Å²) in [6.45, 7) is 0. The predicted octanol–water partition coefficient (Wildman–Crippen LogP) is 3.03. The third-order valence-electron chi connectivity index (χ3n) is 3.10. The van der Waals surface area contributed by atoms with Crippen molar-refractivity contribution in [1.29, 1.82) is 21.3 Å². The molecule has 1 heterocycles. The molecular formula is C13H8F2N4S. The number of halogens is 2. The Morgan fingerprint density at radius 2 is 1.60 bits per heavy atom. The molecule has 1 aliphatic rings. The van der Waals surface area contributed by atoms with Gasteiger partial charge in [-0.3, -0.25) is 10.8 Å². The van der Waals surface area contributed by atoms with Crippen molar-refractivity contribution in [3.63, 3.8) is 0 Å². The summed E-state index contributed by atoms with van der Waals surface area (Å²) in [5.41, 5.74) is -0.0145. The highest BCUT2D eigenvalue weighted by molar-refractivity contribution is 8.26. The van der Waals surface area contributed by atoms with E-state index in [1.165, 1.54) is 6.07 Å². The zero-order valence-corrected chi connectivity index (χ0v) is 10.8. The molecule has 2 N–H and O–H groups in total. The molecular weight excluding hydrogens is 282 g/mol. The number of nitriles is 2. The van der Waals surface area contributed by atoms with Crippen molar-refractivity contribution >= 4 is 21.8 Å². The molecule has 1 fully saturated rings. The van der Waals surface area contributed by atoms with Crippen molar-refractivity contribution in [2.75, 3.05) is 0 Å². The van der Waals surface area contributed by atoms with Crippen LogP contribution in [0, 0.1) is 57.0 Å². The maximum absolute atomic E-state index is 13.9. The Labute approximate surface area is 118 Å². The minimum atomic E-state index is -1.02. The van der Waals surface area contributed by atoms with E-state index in [4.69, 9.17) is 21.3 Å². The van der Waals surface area contributed by atoms with Crippen molar-refractivity contribution in [2.45, 2.75) is 5.92 Å². The molecule has 1 saturated heterocycles. The first-order chi connectivity index (χ1) is 9.49. The summed E-state index contributed by atoms with van der Waals surface area (Å²) in [5, 5.41) is 33.6. The number of nitrogens with one attached hydrogen (secondary N) is 2. The minimum Gasteiger partial charge on any atom is -0.297 e. The van der Waals surface area contributed by atoms with Gasteiger partial charge in [0.15, 0.2) is 0 Å². The number of hydrogen-bond acceptors (Lipinski definition) is 5. The lowest BCUT2D eigenvalue weighted by Crippen LogP contribution is -2.34. The van der Waals surface area contributed by atoms with Gasteiger partial charge in [0, 0.05) is 12.0 Å². The number of benzene rings is 1. The van der Waals surface area contributed by atoms with Crippen molar-refractivity contribution in [2.24, 2.45) is 11.8 Å². The van der Waals surface area contributed by atoms with Gasteiger partial charge in [-0.05, 0) is 11.6 Å². The van der Waals surface area contributed by atoms with E-state index >= 15 is 0 Å². The Kier molecular flexibility index (Phi) is 3.82. The predicted molar refractivity (Wildman–Crippen MR) is 70.3 cm³/mol. The quantitative estimate of drug-likeness (QED) is 0.832. The maximum atomic E-state index is 13.9. The normalized spacial score (nSPS) is 25.9. The van der Waals surface area contributed by atoms with Crippen LogP contribution in [-0.2, 0) is 0 Å². The first-order valence-electron chi connectivity index (χ1n) is 5.58. The molecule has 100 valence electrons. The van der Waals surface area contributed by atoms with Crippen LogP contribution in [0.1, 0.15) is 11.5 Å². The van der Waals surface area contributed by atoms with Crippen LogP contribution in [0.15, 0.2) is 18.2 Å². The molecule has 0 saturated carbocycles. The van der Waals surface area contributed by atoms with E-state index in [9.17, 15) is 8.78 Å². The summed E-state index contributed by atoms with van der Waals surface area (Å²) in [5.74, 6) is -4.63. The number of nitrogens with zero attached hydrogens (tertiary/aromatic N) is 2. The van der Waals surface area contributed by atoms with Gasteiger partial charge in [-0.15, -0.1) is 0 Å². The second-order valence-electron chi connectivity index (χ2n) is 4.24. The zero-order valence-electron chi connectivity index (χ0n) is 10.0. The van der Waals surface area contributed by atoms with E-state index in [2.05, 4.69) is 0 Å². The Morgan fingerprint density at radius 1 is 1.05 bits per heavy atom. The highest BCUT2D eigenvalue weighted by atomic mass is 32.2. The molecule has 0 aliphatic carbocycles. The Morgan fingerprint density at radius 3 is 2.05 bits per heavy atom. The first kappa shape index (κ1) is 14.2. The summed E-state index contributed by atoms with van der Waals surface area (Å²) >= 11 is 0.739. The van der Waals surface area contributed by atoms with Crippen LogP contribution < -0.4 is 0 Å². The van der Waals surface area contributed by atoms with Crippen LogP contribution in [0.4, 0.5) is 8.78 Å². The third-order valence-corrected chi connectivity index (χ3v) is 4.05. The molecule has 4 nitrogen and oxygen atoms in total. The summed E-state index contributed by atoms with van der Waals surface area (Å²) in [6, 6.07) is 6.63. The van der Waals surface area contributed by atoms with E-state index in [0.29, 0.717) is 6.07 Å². The van der Waals surface area contributed by atoms with E-state index in [0.717, 1.165) is 17.8 Å². The molecule has 0 radical (unpaired) electrons. The van der Waals surface area contributed by atoms with Crippen LogP contribution in [-0.4, -0.2) is 10.1 Å². The SMILES string of the molecule is N#CC1C(=N)SC(=N)C(C#N)C1c1ccc(F)cc1F. The Balaban J connectivity index is 2.58. The van der Waals surface area contributed by atoms with Crippen LogP contribution in [0.5, 0.6) is 0 Å². The molecule has 2 atom stereocenters. The standard InChI is InChI=1S/C13H8F2N4S/c14-6-1-2-7(10(15)3-6)11-8(4-16)12(18)20-13(19)9(11)5-17/h1-3,8-9,11,18-19H. The van der Waals surface area contributed by atoms with E-state index in [1.807, 2.05) is 12.1 Å². The summed E-state index contributed by atoms with van der Waals surface area (Å²) in [6.07, 6.45) is 0. The second kappa shape index (κ2) is 5.40. The van der Waals surface area contributed by atoms with Gasteiger partial charge in [-0.1, -0.05) is 17.8 Å². The van der Waals surface area contributed by atoms with E-state index in [-0.39, 0.29) is 15.7 Å². The molecule has 0 amide bonds. The molecule has 0 aromatic heterocycles. The van der Waals surface area contributed by atoms with Crippen LogP contribution >= 0.6 is 11.8 Å². The lowest BCUT2D eigenvalue weighted by atomic mass is 9.78. The molecule has 20 heavy (non-hydrogen) atoms. The molecule has 2 rings (SSSR count). The van der Waals surface area contributed by atoms with Gasteiger partial charge in [-0.25, -0.2) is 8.78 Å². The fourth-order valence-corrected chi connectivity index (χ4v) is 3.06. The second-order valence-corrected chi connectivity index (χ2v) is 5.32. The molecule has 1 aromatic carbocycles. The van der Waals surface area contributed by atoms with E-state index < -0.39 is 29.4 Å². The van der Waals surface area contributed by atoms with Gasteiger partial charge in [0.2, 0.25) is 0 Å².